The summed E-state index contributed by atoms with van der Waals surface area (Å²) in [5.74, 6) is 0. The zero-order chi connectivity index (χ0) is 24.5. The van der Waals surface area contributed by atoms with E-state index in [9.17, 15) is 0 Å². The van der Waals surface area contributed by atoms with Gasteiger partial charge >= 0.3 is 0 Å². The normalized spacial score (nSPS) is 10.8. The SMILES string of the molecule is Cc1ccc(-c2[c-]cccc2)nc1.Cc1ccc2c(n1)oc1c(-c3nccc4sccc34)[c-]ccc12.[Ir]. The van der Waals surface area contributed by atoms with Crippen LogP contribution in [-0.4, -0.2) is 15.0 Å². The summed E-state index contributed by atoms with van der Waals surface area (Å²) < 4.78 is 7.28. The third kappa shape index (κ3) is 4.96. The molecule has 0 bridgehead atoms. The number of benzene rings is 2. The molecule has 0 saturated carbocycles. The molecule has 0 saturated heterocycles. The van der Waals surface area contributed by atoms with Gasteiger partial charge in [-0.25, -0.2) is 4.98 Å². The van der Waals surface area contributed by atoms with Gasteiger partial charge in [-0.2, -0.15) is 0 Å². The van der Waals surface area contributed by atoms with Crippen molar-refractivity contribution < 1.29 is 24.5 Å². The summed E-state index contributed by atoms with van der Waals surface area (Å²) in [5, 5.41) is 5.29. The van der Waals surface area contributed by atoms with Crippen LogP contribution in [0.3, 0.4) is 0 Å². The van der Waals surface area contributed by atoms with E-state index in [1.54, 1.807) is 11.3 Å². The van der Waals surface area contributed by atoms with Gasteiger partial charge in [0.2, 0.25) is 5.71 Å². The third-order valence-corrected chi connectivity index (χ3v) is 6.83. The maximum absolute atomic E-state index is 6.07. The van der Waals surface area contributed by atoms with Gasteiger partial charge in [0.1, 0.15) is 0 Å². The van der Waals surface area contributed by atoms with Gasteiger partial charge in [-0.15, -0.1) is 65.4 Å². The second-order valence-corrected chi connectivity index (χ2v) is 9.44. The summed E-state index contributed by atoms with van der Waals surface area (Å²) in [4.78, 5) is 13.4. The van der Waals surface area contributed by atoms with E-state index >= 15 is 0 Å². The van der Waals surface area contributed by atoms with Gasteiger partial charge in [0.25, 0.3) is 0 Å². The molecule has 0 spiro atoms. The number of hydrogen-bond acceptors (Lipinski definition) is 5. The Kier molecular flexibility index (Phi) is 7.24. The quantitative estimate of drug-likeness (QED) is 0.173. The molecule has 1 radical (unpaired) electrons. The predicted octanol–water partition coefficient (Wildman–Crippen LogP) is 8.22. The standard InChI is InChI=1S/C19H11N2OS.C12H10N.Ir/c1-11-5-6-13-12-3-2-4-15(18(12)22-19(13)21-11)17-14-8-10-23-16(14)7-9-20-17;1-10-7-8-12(13-9-10)11-5-3-2-4-6-11;/h2-3,5-10H,1H3;2-5,7-9H,1H3;/q2*-1;. The number of aryl methyl sites for hydroxylation is 2. The van der Waals surface area contributed by atoms with E-state index in [0.29, 0.717) is 5.71 Å². The summed E-state index contributed by atoms with van der Waals surface area (Å²) >= 11 is 1.71. The van der Waals surface area contributed by atoms with Crippen LogP contribution in [0.25, 0.3) is 54.7 Å². The fourth-order valence-corrected chi connectivity index (χ4v) is 4.95. The van der Waals surface area contributed by atoms with Crippen LogP contribution in [0.4, 0.5) is 0 Å². The fourth-order valence-electron chi connectivity index (χ4n) is 4.16. The van der Waals surface area contributed by atoms with Crippen LogP contribution in [0.2, 0.25) is 0 Å². The Labute approximate surface area is 232 Å². The molecule has 37 heavy (non-hydrogen) atoms. The van der Waals surface area contributed by atoms with Crippen LogP contribution in [0.1, 0.15) is 11.3 Å². The Morgan fingerprint density at radius 1 is 0.811 bits per heavy atom. The van der Waals surface area contributed by atoms with E-state index in [0.717, 1.165) is 50.0 Å². The van der Waals surface area contributed by atoms with Crippen molar-refractivity contribution in [3.05, 3.63) is 114 Å². The molecule has 6 heteroatoms. The summed E-state index contributed by atoms with van der Waals surface area (Å²) in [6, 6.07) is 30.5. The van der Waals surface area contributed by atoms with Crippen molar-refractivity contribution in [3.63, 3.8) is 0 Å². The molecule has 0 atom stereocenters. The number of aromatic nitrogens is 3. The number of thiophene rings is 1. The molecule has 4 nitrogen and oxygen atoms in total. The summed E-state index contributed by atoms with van der Waals surface area (Å²) in [6.07, 6.45) is 3.71. The van der Waals surface area contributed by atoms with Gasteiger partial charge < -0.3 is 14.4 Å². The zero-order valence-corrected chi connectivity index (χ0v) is 23.4. The monoisotopic (exact) mass is 676 g/mol. The van der Waals surface area contributed by atoms with E-state index in [1.807, 2.05) is 80.8 Å². The second kappa shape index (κ2) is 10.7. The molecule has 0 amide bonds. The smallest absolute Gasteiger partial charge is 0.216 e. The van der Waals surface area contributed by atoms with Gasteiger partial charge in [0, 0.05) is 54.0 Å². The zero-order valence-electron chi connectivity index (χ0n) is 20.2. The maximum atomic E-state index is 6.07. The summed E-state index contributed by atoms with van der Waals surface area (Å²) in [6.45, 7) is 4.00. The Morgan fingerprint density at radius 3 is 2.54 bits per heavy atom. The average Bonchev–Trinajstić information content (AvgIpc) is 3.54. The molecule has 7 rings (SSSR count). The molecule has 0 unspecified atom stereocenters. The molecule has 0 aliphatic carbocycles. The Morgan fingerprint density at radius 2 is 1.73 bits per heavy atom. The predicted molar refractivity (Wildman–Crippen MR) is 147 cm³/mol. The molecule has 0 aliphatic rings. The van der Waals surface area contributed by atoms with Gasteiger partial charge in [0.15, 0.2) is 0 Å². The van der Waals surface area contributed by atoms with E-state index in [2.05, 4.69) is 50.7 Å². The molecular weight excluding hydrogens is 655 g/mol. The molecule has 5 aromatic heterocycles. The van der Waals surface area contributed by atoms with Crippen molar-refractivity contribution in [2.24, 2.45) is 0 Å². The number of rotatable bonds is 2. The first-order valence-corrected chi connectivity index (χ1v) is 12.5. The van der Waals surface area contributed by atoms with Crippen LogP contribution < -0.4 is 0 Å². The summed E-state index contributed by atoms with van der Waals surface area (Å²) in [7, 11) is 0. The number of furan rings is 1. The van der Waals surface area contributed by atoms with E-state index in [1.165, 1.54) is 10.3 Å². The van der Waals surface area contributed by atoms with Crippen molar-refractivity contribution in [1.82, 2.24) is 15.0 Å². The molecule has 0 fully saturated rings. The molecule has 7 aromatic rings. The minimum absolute atomic E-state index is 0. The Hall–Kier alpha value is -3.70. The van der Waals surface area contributed by atoms with Gasteiger partial charge in [-0.3, -0.25) is 0 Å². The molecule has 183 valence electrons. The topological polar surface area (TPSA) is 51.8 Å². The number of fused-ring (bicyclic) bond motifs is 4. The molecule has 0 N–H and O–H groups in total. The van der Waals surface area contributed by atoms with E-state index in [-0.39, 0.29) is 20.1 Å². The first kappa shape index (κ1) is 25.0. The first-order valence-electron chi connectivity index (χ1n) is 11.6. The number of hydrogen-bond donors (Lipinski definition) is 0. The van der Waals surface area contributed by atoms with Crippen molar-refractivity contribution >= 4 is 43.5 Å². The number of pyridine rings is 3. The average molecular weight is 676 g/mol. The van der Waals surface area contributed by atoms with Crippen molar-refractivity contribution in [3.8, 4) is 22.5 Å². The largest absolute Gasteiger partial charge is 0.486 e. The first-order chi connectivity index (χ1) is 17.7. The Balaban J connectivity index is 0.000000172. The molecular formula is C31H21IrN3OS-2. The summed E-state index contributed by atoms with van der Waals surface area (Å²) in [5.41, 5.74) is 7.41. The van der Waals surface area contributed by atoms with Crippen molar-refractivity contribution in [1.29, 1.82) is 0 Å². The van der Waals surface area contributed by atoms with Crippen LogP contribution in [0.5, 0.6) is 0 Å². The fraction of sp³-hybridized carbons (Fsp3) is 0.0645. The molecule has 5 heterocycles. The number of nitrogens with zero attached hydrogens (tertiary/aromatic N) is 3. The molecule has 2 aromatic carbocycles. The van der Waals surface area contributed by atoms with Crippen molar-refractivity contribution in [2.45, 2.75) is 13.8 Å². The van der Waals surface area contributed by atoms with Crippen LogP contribution >= 0.6 is 11.3 Å². The van der Waals surface area contributed by atoms with E-state index < -0.39 is 0 Å². The molecule has 0 aliphatic heterocycles. The van der Waals surface area contributed by atoms with Crippen LogP contribution in [0, 0.1) is 26.0 Å². The minimum atomic E-state index is 0. The van der Waals surface area contributed by atoms with Gasteiger partial charge in [-0.1, -0.05) is 29.1 Å². The minimum Gasteiger partial charge on any atom is -0.486 e. The van der Waals surface area contributed by atoms with Crippen molar-refractivity contribution in [2.75, 3.05) is 0 Å². The van der Waals surface area contributed by atoms with Crippen LogP contribution in [-0.2, 0) is 20.1 Å². The maximum Gasteiger partial charge on any atom is 0.216 e. The van der Waals surface area contributed by atoms with E-state index in [4.69, 9.17) is 4.42 Å². The third-order valence-electron chi connectivity index (χ3n) is 5.95. The second-order valence-electron chi connectivity index (χ2n) is 8.49. The Bertz CT molecular complexity index is 1810. The van der Waals surface area contributed by atoms with Gasteiger partial charge in [0.05, 0.1) is 5.58 Å². The van der Waals surface area contributed by atoms with Gasteiger partial charge in [-0.05, 0) is 54.1 Å². The van der Waals surface area contributed by atoms with Crippen LogP contribution in [0.15, 0.2) is 95.0 Å².